The summed E-state index contributed by atoms with van der Waals surface area (Å²) in [5, 5.41) is 15.0. The maximum absolute atomic E-state index is 13.0. The van der Waals surface area contributed by atoms with Crippen LogP contribution in [0.15, 0.2) is 5.16 Å². The van der Waals surface area contributed by atoms with E-state index in [9.17, 15) is 9.59 Å². The standard InChI is InChI=1S/C14H24N4O3/c15-12(17-21)14(6-3-1-2-4-7-14)13(20)18-9-5-8-16-11(19)10-18/h21H,1-10H2,(H2,15,17)(H,16,19). The second-order valence-electron chi connectivity index (χ2n) is 5.91. The maximum atomic E-state index is 13.0. The molecule has 0 unspecified atom stereocenters. The molecule has 1 saturated carbocycles. The Balaban J connectivity index is 2.26. The summed E-state index contributed by atoms with van der Waals surface area (Å²) in [4.78, 5) is 26.2. The number of nitrogens with one attached hydrogen (secondary N) is 1. The Morgan fingerprint density at radius 2 is 1.90 bits per heavy atom. The molecule has 1 heterocycles. The van der Waals surface area contributed by atoms with Crippen LogP contribution in [-0.4, -0.2) is 47.4 Å². The smallest absolute Gasteiger partial charge is 0.239 e. The molecule has 118 valence electrons. The van der Waals surface area contributed by atoms with Gasteiger partial charge in [-0.2, -0.15) is 0 Å². The van der Waals surface area contributed by atoms with Crippen molar-refractivity contribution in [2.24, 2.45) is 16.3 Å². The molecule has 1 aliphatic carbocycles. The zero-order chi connectivity index (χ0) is 15.3. The fourth-order valence-corrected chi connectivity index (χ4v) is 3.29. The monoisotopic (exact) mass is 296 g/mol. The van der Waals surface area contributed by atoms with Crippen molar-refractivity contribution < 1.29 is 14.8 Å². The summed E-state index contributed by atoms with van der Waals surface area (Å²) in [5.74, 6) is -0.333. The summed E-state index contributed by atoms with van der Waals surface area (Å²) in [6.45, 7) is 1.16. The number of oxime groups is 1. The Labute approximate surface area is 124 Å². The molecular weight excluding hydrogens is 272 g/mol. The van der Waals surface area contributed by atoms with Crippen LogP contribution < -0.4 is 11.1 Å². The van der Waals surface area contributed by atoms with Gasteiger partial charge in [0.05, 0.1) is 6.54 Å². The van der Waals surface area contributed by atoms with Gasteiger partial charge in [0.15, 0.2) is 5.84 Å². The van der Waals surface area contributed by atoms with Gasteiger partial charge in [0.1, 0.15) is 5.41 Å². The van der Waals surface area contributed by atoms with Gasteiger partial charge in [-0.3, -0.25) is 9.59 Å². The molecule has 0 bridgehead atoms. The van der Waals surface area contributed by atoms with Gasteiger partial charge >= 0.3 is 0 Å². The maximum Gasteiger partial charge on any atom is 0.239 e. The van der Waals surface area contributed by atoms with E-state index in [-0.39, 0.29) is 24.2 Å². The number of amidine groups is 1. The molecule has 7 heteroatoms. The van der Waals surface area contributed by atoms with Crippen LogP contribution in [0.25, 0.3) is 0 Å². The van der Waals surface area contributed by atoms with Crippen LogP contribution in [0.3, 0.4) is 0 Å². The fourth-order valence-electron chi connectivity index (χ4n) is 3.29. The third-order valence-electron chi connectivity index (χ3n) is 4.51. The molecule has 21 heavy (non-hydrogen) atoms. The number of nitrogens with two attached hydrogens (primary N) is 1. The van der Waals surface area contributed by atoms with Gasteiger partial charge < -0.3 is 21.2 Å². The first-order chi connectivity index (χ1) is 10.1. The summed E-state index contributed by atoms with van der Waals surface area (Å²) in [7, 11) is 0. The van der Waals surface area contributed by atoms with Crippen LogP contribution in [0.2, 0.25) is 0 Å². The van der Waals surface area contributed by atoms with Gasteiger partial charge in [-0.05, 0) is 19.3 Å². The van der Waals surface area contributed by atoms with Gasteiger partial charge in [-0.15, -0.1) is 0 Å². The average Bonchev–Trinajstić information content (AvgIpc) is 2.86. The van der Waals surface area contributed by atoms with Crippen LogP contribution in [-0.2, 0) is 9.59 Å². The summed E-state index contributed by atoms with van der Waals surface area (Å²) in [5.41, 5.74) is 4.94. The molecular formula is C14H24N4O3. The average molecular weight is 296 g/mol. The lowest BCUT2D eigenvalue weighted by Crippen LogP contribution is -2.52. The van der Waals surface area contributed by atoms with E-state index in [0.717, 1.165) is 32.1 Å². The van der Waals surface area contributed by atoms with Gasteiger partial charge in [-0.25, -0.2) is 0 Å². The molecule has 1 aliphatic heterocycles. The zero-order valence-electron chi connectivity index (χ0n) is 12.3. The van der Waals surface area contributed by atoms with Crippen molar-refractivity contribution in [1.82, 2.24) is 10.2 Å². The van der Waals surface area contributed by atoms with E-state index < -0.39 is 5.41 Å². The van der Waals surface area contributed by atoms with Crippen LogP contribution in [0.1, 0.15) is 44.9 Å². The molecule has 4 N–H and O–H groups in total. The third-order valence-corrected chi connectivity index (χ3v) is 4.51. The molecule has 0 aromatic rings. The SMILES string of the molecule is NC(=NO)C1(C(=O)N2CCCNC(=O)C2)CCCCCC1. The van der Waals surface area contributed by atoms with Crippen LogP contribution >= 0.6 is 0 Å². The van der Waals surface area contributed by atoms with Gasteiger partial charge in [0.2, 0.25) is 11.8 Å². The minimum Gasteiger partial charge on any atom is -0.409 e. The predicted octanol–water partition coefficient (Wildman–Crippen LogP) is 0.422. The number of carbonyl (C=O) groups is 2. The lowest BCUT2D eigenvalue weighted by molar-refractivity contribution is -0.141. The normalized spacial score (nSPS) is 23.9. The highest BCUT2D eigenvalue weighted by molar-refractivity contribution is 6.07. The summed E-state index contributed by atoms with van der Waals surface area (Å²) in [6, 6.07) is 0. The number of carbonyl (C=O) groups excluding carboxylic acids is 2. The van der Waals surface area contributed by atoms with Gasteiger partial charge in [0.25, 0.3) is 0 Å². The lowest BCUT2D eigenvalue weighted by atomic mass is 9.77. The minimum atomic E-state index is -0.949. The van der Waals surface area contributed by atoms with E-state index in [4.69, 9.17) is 10.9 Å². The van der Waals surface area contributed by atoms with E-state index in [0.29, 0.717) is 25.9 Å². The molecule has 2 amide bonds. The Morgan fingerprint density at radius 3 is 2.52 bits per heavy atom. The number of rotatable bonds is 2. The van der Waals surface area contributed by atoms with Crippen molar-refractivity contribution in [1.29, 1.82) is 0 Å². The fraction of sp³-hybridized carbons (Fsp3) is 0.786. The Hall–Kier alpha value is -1.79. The molecule has 2 aliphatic rings. The van der Waals surface area contributed by atoms with Crippen molar-refractivity contribution in [2.45, 2.75) is 44.9 Å². The Morgan fingerprint density at radius 1 is 1.24 bits per heavy atom. The van der Waals surface area contributed by atoms with E-state index >= 15 is 0 Å². The summed E-state index contributed by atoms with van der Waals surface area (Å²) >= 11 is 0. The highest BCUT2D eigenvalue weighted by Crippen LogP contribution is 2.37. The second-order valence-corrected chi connectivity index (χ2v) is 5.91. The number of hydrogen-bond acceptors (Lipinski definition) is 4. The van der Waals surface area contributed by atoms with Crippen molar-refractivity contribution in [2.75, 3.05) is 19.6 Å². The zero-order valence-corrected chi connectivity index (χ0v) is 12.3. The Bertz CT molecular complexity index is 428. The minimum absolute atomic E-state index is 0.0148. The second kappa shape index (κ2) is 6.78. The molecule has 0 spiro atoms. The summed E-state index contributed by atoms with van der Waals surface area (Å²) < 4.78 is 0. The predicted molar refractivity (Wildman–Crippen MR) is 77.8 cm³/mol. The van der Waals surface area contributed by atoms with Crippen LogP contribution in [0, 0.1) is 5.41 Å². The largest absolute Gasteiger partial charge is 0.409 e. The van der Waals surface area contributed by atoms with E-state index in [1.165, 1.54) is 0 Å². The molecule has 2 fully saturated rings. The molecule has 7 nitrogen and oxygen atoms in total. The molecule has 0 aromatic heterocycles. The first-order valence-corrected chi connectivity index (χ1v) is 7.64. The molecule has 0 atom stereocenters. The molecule has 0 radical (unpaired) electrons. The van der Waals surface area contributed by atoms with E-state index in [1.807, 2.05) is 0 Å². The molecule has 2 rings (SSSR count). The molecule has 0 aromatic carbocycles. The third kappa shape index (κ3) is 3.28. The van der Waals surface area contributed by atoms with Crippen molar-refractivity contribution in [3.8, 4) is 0 Å². The van der Waals surface area contributed by atoms with Crippen molar-refractivity contribution in [3.63, 3.8) is 0 Å². The first-order valence-electron chi connectivity index (χ1n) is 7.64. The highest BCUT2D eigenvalue weighted by atomic mass is 16.4. The van der Waals surface area contributed by atoms with Gasteiger partial charge in [0, 0.05) is 13.1 Å². The van der Waals surface area contributed by atoms with E-state index in [2.05, 4.69) is 10.5 Å². The number of nitrogens with zero attached hydrogens (tertiary/aromatic N) is 2. The molecule has 1 saturated heterocycles. The topological polar surface area (TPSA) is 108 Å². The van der Waals surface area contributed by atoms with Crippen molar-refractivity contribution in [3.05, 3.63) is 0 Å². The summed E-state index contributed by atoms with van der Waals surface area (Å²) in [6.07, 6.45) is 5.75. The number of hydrogen-bond donors (Lipinski definition) is 3. The Kier molecular flexibility index (Phi) is 5.03. The highest BCUT2D eigenvalue weighted by Gasteiger charge is 2.45. The lowest BCUT2D eigenvalue weighted by Gasteiger charge is -2.34. The quantitative estimate of drug-likeness (QED) is 0.226. The van der Waals surface area contributed by atoms with Crippen LogP contribution in [0.4, 0.5) is 0 Å². The van der Waals surface area contributed by atoms with E-state index in [1.54, 1.807) is 4.90 Å². The van der Waals surface area contributed by atoms with Gasteiger partial charge in [-0.1, -0.05) is 30.8 Å². The van der Waals surface area contributed by atoms with Crippen molar-refractivity contribution >= 4 is 17.6 Å². The van der Waals surface area contributed by atoms with Crippen LogP contribution in [0.5, 0.6) is 0 Å². The first kappa shape index (κ1) is 15.6. The number of amides is 2.